The summed E-state index contributed by atoms with van der Waals surface area (Å²) in [6, 6.07) is 0. The summed E-state index contributed by atoms with van der Waals surface area (Å²) in [5.74, 6) is 2.05. The number of nitro groups is 2. The first-order chi connectivity index (χ1) is 10.4. The fourth-order valence-corrected chi connectivity index (χ4v) is 3.72. The van der Waals surface area contributed by atoms with E-state index in [1.165, 1.54) is 43.1 Å². The summed E-state index contributed by atoms with van der Waals surface area (Å²) in [7, 11) is 6.09. The van der Waals surface area contributed by atoms with Crippen molar-refractivity contribution in [3.8, 4) is 0 Å². The Morgan fingerprint density at radius 2 is 1.32 bits per heavy atom. The summed E-state index contributed by atoms with van der Waals surface area (Å²) >= 11 is 0. The van der Waals surface area contributed by atoms with Crippen molar-refractivity contribution < 1.29 is 9.85 Å². The third kappa shape index (κ3) is 3.39. The molecule has 2 rings (SSSR count). The monoisotopic (exact) mass is 344 g/mol. The maximum Gasteiger partial charge on any atom is 0.342 e. The van der Waals surface area contributed by atoms with E-state index >= 15 is 0 Å². The van der Waals surface area contributed by atoms with Crippen LogP contribution in [0.5, 0.6) is 0 Å². The van der Waals surface area contributed by atoms with Gasteiger partial charge in [0.15, 0.2) is 0 Å². The number of hydrogen-bond donors (Lipinski definition) is 0. The standard InChI is InChI=1S/C10H12N6O4S2/c1-13-7(11-3-9(13)15(17)18)5-21-22-6-8-12-4-10(14(8)2)16(19)20/h3-4H,5-6H2,1-2H3. The summed E-state index contributed by atoms with van der Waals surface area (Å²) in [4.78, 5) is 28.5. The van der Waals surface area contributed by atoms with Crippen LogP contribution in [0.25, 0.3) is 0 Å². The van der Waals surface area contributed by atoms with Gasteiger partial charge in [-0.25, -0.2) is 19.1 Å². The molecule has 2 aromatic heterocycles. The number of rotatable bonds is 7. The lowest BCUT2D eigenvalue weighted by Crippen LogP contribution is -2.01. The minimum Gasteiger partial charge on any atom is -0.358 e. The minimum atomic E-state index is -0.485. The molecular weight excluding hydrogens is 332 g/mol. The van der Waals surface area contributed by atoms with E-state index in [1.807, 2.05) is 0 Å². The van der Waals surface area contributed by atoms with Gasteiger partial charge in [0, 0.05) is 0 Å². The maximum atomic E-state index is 10.7. The van der Waals surface area contributed by atoms with Crippen LogP contribution in [0.1, 0.15) is 11.6 Å². The second kappa shape index (κ2) is 6.79. The molecule has 0 saturated heterocycles. The van der Waals surface area contributed by atoms with Crippen LogP contribution < -0.4 is 0 Å². The number of imidazole rings is 2. The molecule has 0 amide bonds. The van der Waals surface area contributed by atoms with Crippen molar-refractivity contribution >= 4 is 33.2 Å². The molecule has 2 heterocycles. The van der Waals surface area contributed by atoms with Crippen LogP contribution in [-0.4, -0.2) is 28.9 Å². The van der Waals surface area contributed by atoms with Crippen LogP contribution in [0.4, 0.5) is 11.6 Å². The van der Waals surface area contributed by atoms with Crippen molar-refractivity contribution in [2.75, 3.05) is 0 Å². The molecule has 0 aliphatic heterocycles. The van der Waals surface area contributed by atoms with Gasteiger partial charge < -0.3 is 20.2 Å². The fourth-order valence-electron chi connectivity index (χ4n) is 1.67. The Morgan fingerprint density at radius 1 is 0.955 bits per heavy atom. The lowest BCUT2D eigenvalue weighted by Gasteiger charge is -2.00. The second-order valence-electron chi connectivity index (χ2n) is 4.22. The Labute approximate surface area is 132 Å². The Hall–Kier alpha value is -2.08. The van der Waals surface area contributed by atoms with Gasteiger partial charge in [-0.05, 0) is 9.85 Å². The molecule has 0 radical (unpaired) electrons. The molecule has 0 fully saturated rings. The van der Waals surface area contributed by atoms with Crippen molar-refractivity contribution in [1.29, 1.82) is 0 Å². The van der Waals surface area contributed by atoms with E-state index in [0.717, 1.165) is 0 Å². The number of hydrogen-bond acceptors (Lipinski definition) is 8. The first-order valence-corrected chi connectivity index (χ1v) is 8.45. The molecule has 0 spiro atoms. The van der Waals surface area contributed by atoms with E-state index in [2.05, 4.69) is 9.97 Å². The zero-order chi connectivity index (χ0) is 16.3. The molecule has 0 aliphatic rings. The second-order valence-corrected chi connectivity index (χ2v) is 6.68. The molecule has 0 atom stereocenters. The molecule has 0 saturated carbocycles. The van der Waals surface area contributed by atoms with Crippen molar-refractivity contribution in [2.45, 2.75) is 11.5 Å². The third-order valence-electron chi connectivity index (χ3n) is 2.95. The molecule has 0 aliphatic carbocycles. The van der Waals surface area contributed by atoms with Gasteiger partial charge in [-0.3, -0.25) is 0 Å². The molecule has 0 N–H and O–H groups in total. The molecule has 118 valence electrons. The van der Waals surface area contributed by atoms with E-state index in [1.54, 1.807) is 14.1 Å². The van der Waals surface area contributed by atoms with Crippen LogP contribution in [0.2, 0.25) is 0 Å². The molecule has 0 aromatic carbocycles. The van der Waals surface area contributed by atoms with Gasteiger partial charge in [-0.15, -0.1) is 0 Å². The molecule has 0 unspecified atom stereocenters. The smallest absolute Gasteiger partial charge is 0.342 e. The van der Waals surface area contributed by atoms with Crippen LogP contribution in [0, 0.1) is 20.2 Å². The van der Waals surface area contributed by atoms with Gasteiger partial charge in [-0.2, -0.15) is 0 Å². The topological polar surface area (TPSA) is 122 Å². The molecule has 10 nitrogen and oxygen atoms in total. The average Bonchev–Trinajstić information content (AvgIpc) is 2.99. The van der Waals surface area contributed by atoms with Crippen LogP contribution in [-0.2, 0) is 25.6 Å². The SMILES string of the molecule is Cn1c([N+](=O)[O-])cnc1CSSCc1ncc([N+](=O)[O-])n1C. The summed E-state index contributed by atoms with van der Waals surface area (Å²) in [6.45, 7) is 0. The first kappa shape index (κ1) is 16.3. The number of aromatic nitrogens is 4. The zero-order valence-corrected chi connectivity index (χ0v) is 13.3. The van der Waals surface area contributed by atoms with E-state index < -0.39 is 9.85 Å². The van der Waals surface area contributed by atoms with Gasteiger partial charge in [0.05, 0.1) is 25.6 Å². The van der Waals surface area contributed by atoms with Crippen molar-refractivity contribution in [1.82, 2.24) is 19.1 Å². The molecular formula is C10H12N6O4S2. The third-order valence-corrected chi connectivity index (χ3v) is 5.08. The Bertz CT molecular complexity index is 652. The largest absolute Gasteiger partial charge is 0.358 e. The highest BCUT2D eigenvalue weighted by Gasteiger charge is 2.18. The first-order valence-electron chi connectivity index (χ1n) is 5.96. The van der Waals surface area contributed by atoms with Gasteiger partial charge >= 0.3 is 11.6 Å². The molecule has 12 heteroatoms. The van der Waals surface area contributed by atoms with Crippen LogP contribution in [0.3, 0.4) is 0 Å². The molecule has 22 heavy (non-hydrogen) atoms. The highest BCUT2D eigenvalue weighted by atomic mass is 33.1. The highest BCUT2D eigenvalue weighted by molar-refractivity contribution is 8.76. The minimum absolute atomic E-state index is 0.0553. The van der Waals surface area contributed by atoms with Crippen LogP contribution >= 0.6 is 21.6 Å². The molecule has 2 aromatic rings. The Morgan fingerprint density at radius 3 is 1.59 bits per heavy atom. The predicted molar refractivity (Wildman–Crippen MR) is 82.3 cm³/mol. The van der Waals surface area contributed by atoms with Gasteiger partial charge in [-0.1, -0.05) is 21.6 Å². The summed E-state index contributed by atoms with van der Waals surface area (Å²) in [5, 5.41) is 21.4. The summed E-state index contributed by atoms with van der Waals surface area (Å²) in [6.07, 6.45) is 2.45. The maximum absolute atomic E-state index is 10.7. The summed E-state index contributed by atoms with van der Waals surface area (Å²) < 4.78 is 2.86. The van der Waals surface area contributed by atoms with Gasteiger partial charge in [0.25, 0.3) is 0 Å². The van der Waals surface area contributed by atoms with Crippen molar-refractivity contribution in [3.63, 3.8) is 0 Å². The summed E-state index contributed by atoms with van der Waals surface area (Å²) in [5.41, 5.74) is 0. The number of nitrogens with zero attached hydrogens (tertiary/aromatic N) is 6. The van der Waals surface area contributed by atoms with Gasteiger partial charge in [0.1, 0.15) is 12.4 Å². The van der Waals surface area contributed by atoms with E-state index in [-0.39, 0.29) is 11.6 Å². The zero-order valence-electron chi connectivity index (χ0n) is 11.7. The Kier molecular flexibility index (Phi) is 5.03. The lowest BCUT2D eigenvalue weighted by molar-refractivity contribution is -0.392. The predicted octanol–water partition coefficient (Wildman–Crippen LogP) is 2.05. The van der Waals surface area contributed by atoms with Gasteiger partial charge in [0.2, 0.25) is 11.6 Å². The van der Waals surface area contributed by atoms with Crippen LogP contribution in [0.15, 0.2) is 12.4 Å². The fraction of sp³-hybridized carbons (Fsp3) is 0.400. The lowest BCUT2D eigenvalue weighted by atomic mass is 10.7. The van der Waals surface area contributed by atoms with Crippen molar-refractivity contribution in [3.05, 3.63) is 44.3 Å². The highest BCUT2D eigenvalue weighted by Crippen LogP contribution is 2.30. The normalized spacial score (nSPS) is 10.8. The Balaban J connectivity index is 1.87. The van der Waals surface area contributed by atoms with Crippen molar-refractivity contribution in [2.24, 2.45) is 14.1 Å². The molecule has 0 bridgehead atoms. The average molecular weight is 344 g/mol. The van der Waals surface area contributed by atoms with E-state index in [0.29, 0.717) is 23.2 Å². The van der Waals surface area contributed by atoms with E-state index in [9.17, 15) is 20.2 Å². The quantitative estimate of drug-likeness (QED) is 0.324. The van der Waals surface area contributed by atoms with E-state index in [4.69, 9.17) is 0 Å².